The maximum Gasteiger partial charge on any atom is 0.123 e. The van der Waals surface area contributed by atoms with Crippen LogP contribution in [0.15, 0.2) is 46.9 Å². The van der Waals surface area contributed by atoms with Gasteiger partial charge in [0.15, 0.2) is 0 Å². The van der Waals surface area contributed by atoms with Crippen molar-refractivity contribution in [2.75, 3.05) is 0 Å². The average molecular weight is 350 g/mol. The first-order valence-electron chi connectivity index (χ1n) is 7.03. The standard InChI is InChI=1S/C17H20BrNO2/c1-2-15(19)10-13-9-14(18)5-8-17(13)21-11-12-3-6-16(20)7-4-12/h3-9,15,20H,2,10-11,19H2,1H3. The molecule has 0 saturated heterocycles. The molecule has 4 heteroatoms. The van der Waals surface area contributed by atoms with Crippen LogP contribution in [0.4, 0.5) is 0 Å². The Labute approximate surface area is 133 Å². The Hall–Kier alpha value is -1.52. The summed E-state index contributed by atoms with van der Waals surface area (Å²) in [4.78, 5) is 0. The summed E-state index contributed by atoms with van der Waals surface area (Å²) in [7, 11) is 0. The average Bonchev–Trinajstić information content (AvgIpc) is 2.48. The van der Waals surface area contributed by atoms with E-state index in [-0.39, 0.29) is 11.8 Å². The van der Waals surface area contributed by atoms with Gasteiger partial charge in [0.25, 0.3) is 0 Å². The zero-order valence-corrected chi connectivity index (χ0v) is 13.6. The molecule has 1 unspecified atom stereocenters. The summed E-state index contributed by atoms with van der Waals surface area (Å²) in [6, 6.07) is 13.1. The van der Waals surface area contributed by atoms with Crippen molar-refractivity contribution in [2.24, 2.45) is 5.73 Å². The molecule has 3 N–H and O–H groups in total. The highest BCUT2D eigenvalue weighted by molar-refractivity contribution is 9.10. The van der Waals surface area contributed by atoms with Gasteiger partial charge in [-0.3, -0.25) is 0 Å². The summed E-state index contributed by atoms with van der Waals surface area (Å²) in [5.41, 5.74) is 8.17. The third-order valence-electron chi connectivity index (χ3n) is 3.36. The van der Waals surface area contributed by atoms with Crippen LogP contribution >= 0.6 is 15.9 Å². The predicted octanol–water partition coefficient (Wildman–Crippen LogP) is 4.01. The zero-order chi connectivity index (χ0) is 15.2. The lowest BCUT2D eigenvalue weighted by atomic mass is 10.0. The fraction of sp³-hybridized carbons (Fsp3) is 0.294. The Morgan fingerprint density at radius 1 is 1.19 bits per heavy atom. The fourth-order valence-electron chi connectivity index (χ4n) is 2.03. The van der Waals surface area contributed by atoms with Crippen molar-refractivity contribution >= 4 is 15.9 Å². The van der Waals surface area contributed by atoms with Gasteiger partial charge in [0, 0.05) is 10.5 Å². The summed E-state index contributed by atoms with van der Waals surface area (Å²) in [5, 5.41) is 9.28. The third kappa shape index (κ3) is 4.76. The van der Waals surface area contributed by atoms with E-state index >= 15 is 0 Å². The highest BCUT2D eigenvalue weighted by Gasteiger charge is 2.09. The van der Waals surface area contributed by atoms with E-state index in [1.54, 1.807) is 12.1 Å². The molecule has 0 radical (unpaired) electrons. The molecule has 2 rings (SSSR count). The largest absolute Gasteiger partial charge is 0.508 e. The quantitative estimate of drug-likeness (QED) is 0.828. The van der Waals surface area contributed by atoms with Crippen LogP contribution in [0, 0.1) is 0 Å². The van der Waals surface area contributed by atoms with Crippen LogP contribution < -0.4 is 10.5 Å². The summed E-state index contributed by atoms with van der Waals surface area (Å²) >= 11 is 3.49. The summed E-state index contributed by atoms with van der Waals surface area (Å²) in [6.45, 7) is 2.55. The second-order valence-corrected chi connectivity index (χ2v) is 6.00. The van der Waals surface area contributed by atoms with Crippen molar-refractivity contribution in [1.82, 2.24) is 0 Å². The van der Waals surface area contributed by atoms with Gasteiger partial charge in [-0.25, -0.2) is 0 Å². The summed E-state index contributed by atoms with van der Waals surface area (Å²) in [6.07, 6.45) is 1.73. The van der Waals surface area contributed by atoms with Gasteiger partial charge in [-0.05, 0) is 54.3 Å². The van der Waals surface area contributed by atoms with Crippen LogP contribution in [0.1, 0.15) is 24.5 Å². The van der Waals surface area contributed by atoms with Crippen molar-refractivity contribution in [3.63, 3.8) is 0 Å². The number of phenols is 1. The molecule has 21 heavy (non-hydrogen) atoms. The van der Waals surface area contributed by atoms with Gasteiger partial charge in [0.05, 0.1) is 0 Å². The molecule has 2 aromatic rings. The SMILES string of the molecule is CCC(N)Cc1cc(Br)ccc1OCc1ccc(O)cc1. The van der Waals surface area contributed by atoms with E-state index in [4.69, 9.17) is 10.5 Å². The highest BCUT2D eigenvalue weighted by atomic mass is 79.9. The molecule has 0 heterocycles. The van der Waals surface area contributed by atoms with Crippen molar-refractivity contribution in [2.45, 2.75) is 32.4 Å². The van der Waals surface area contributed by atoms with Crippen molar-refractivity contribution in [3.05, 3.63) is 58.1 Å². The second-order valence-electron chi connectivity index (χ2n) is 5.08. The molecular weight excluding hydrogens is 330 g/mol. The number of benzene rings is 2. The van der Waals surface area contributed by atoms with Crippen molar-refractivity contribution in [1.29, 1.82) is 0 Å². The Balaban J connectivity index is 2.09. The van der Waals surface area contributed by atoms with Crippen LogP contribution in [-0.2, 0) is 13.0 Å². The summed E-state index contributed by atoms with van der Waals surface area (Å²) < 4.78 is 6.93. The first-order chi connectivity index (χ1) is 10.1. The van der Waals surface area contributed by atoms with Gasteiger partial charge in [-0.1, -0.05) is 35.0 Å². The molecule has 0 amide bonds. The Kier molecular flexibility index (Phi) is 5.65. The Bertz CT molecular complexity index is 584. The lowest BCUT2D eigenvalue weighted by molar-refractivity contribution is 0.302. The lowest BCUT2D eigenvalue weighted by Crippen LogP contribution is -2.21. The van der Waals surface area contributed by atoms with Crippen LogP contribution in [0.2, 0.25) is 0 Å². The molecule has 112 valence electrons. The number of hydrogen-bond donors (Lipinski definition) is 2. The van der Waals surface area contributed by atoms with Crippen molar-refractivity contribution < 1.29 is 9.84 Å². The normalized spacial score (nSPS) is 12.1. The lowest BCUT2D eigenvalue weighted by Gasteiger charge is -2.15. The molecule has 3 nitrogen and oxygen atoms in total. The van der Waals surface area contributed by atoms with Gasteiger partial charge < -0.3 is 15.6 Å². The molecule has 2 aromatic carbocycles. The zero-order valence-electron chi connectivity index (χ0n) is 12.1. The first-order valence-corrected chi connectivity index (χ1v) is 7.82. The topological polar surface area (TPSA) is 55.5 Å². The number of aromatic hydroxyl groups is 1. The number of nitrogens with two attached hydrogens (primary N) is 1. The Morgan fingerprint density at radius 3 is 2.57 bits per heavy atom. The molecule has 0 aliphatic carbocycles. The van der Waals surface area contributed by atoms with Gasteiger partial charge in [-0.15, -0.1) is 0 Å². The number of rotatable bonds is 6. The molecule has 1 atom stereocenters. The molecule has 0 bridgehead atoms. The fourth-order valence-corrected chi connectivity index (χ4v) is 2.44. The minimum Gasteiger partial charge on any atom is -0.508 e. The minimum absolute atomic E-state index is 0.135. The second kappa shape index (κ2) is 7.48. The van der Waals surface area contributed by atoms with E-state index in [9.17, 15) is 5.11 Å². The Morgan fingerprint density at radius 2 is 1.90 bits per heavy atom. The van der Waals surface area contributed by atoms with Crippen LogP contribution in [0.3, 0.4) is 0 Å². The van der Waals surface area contributed by atoms with Gasteiger partial charge in [0.2, 0.25) is 0 Å². The molecule has 0 aliphatic heterocycles. The minimum atomic E-state index is 0.135. The smallest absolute Gasteiger partial charge is 0.123 e. The molecular formula is C17H20BrNO2. The first kappa shape index (κ1) is 15.9. The maximum atomic E-state index is 9.28. The number of hydrogen-bond acceptors (Lipinski definition) is 3. The summed E-state index contributed by atoms with van der Waals surface area (Å²) in [5.74, 6) is 1.12. The van der Waals surface area contributed by atoms with Crippen LogP contribution in [-0.4, -0.2) is 11.1 Å². The molecule has 0 aromatic heterocycles. The van der Waals surface area contributed by atoms with Crippen LogP contribution in [0.25, 0.3) is 0 Å². The van der Waals surface area contributed by atoms with E-state index in [1.165, 1.54) is 0 Å². The maximum absolute atomic E-state index is 9.28. The van der Waals surface area contributed by atoms with E-state index in [0.29, 0.717) is 6.61 Å². The monoisotopic (exact) mass is 349 g/mol. The molecule has 0 aliphatic rings. The van der Waals surface area contributed by atoms with E-state index in [0.717, 1.165) is 34.2 Å². The van der Waals surface area contributed by atoms with E-state index in [1.807, 2.05) is 24.3 Å². The van der Waals surface area contributed by atoms with E-state index in [2.05, 4.69) is 28.9 Å². The molecule has 0 saturated carbocycles. The highest BCUT2D eigenvalue weighted by Crippen LogP contribution is 2.25. The number of phenolic OH excluding ortho intramolecular Hbond substituents is 1. The van der Waals surface area contributed by atoms with E-state index < -0.39 is 0 Å². The molecule has 0 fully saturated rings. The third-order valence-corrected chi connectivity index (χ3v) is 3.85. The van der Waals surface area contributed by atoms with Gasteiger partial charge in [-0.2, -0.15) is 0 Å². The predicted molar refractivity (Wildman–Crippen MR) is 88.6 cm³/mol. The molecule has 0 spiro atoms. The van der Waals surface area contributed by atoms with Gasteiger partial charge in [0.1, 0.15) is 18.1 Å². The van der Waals surface area contributed by atoms with Crippen LogP contribution in [0.5, 0.6) is 11.5 Å². The number of ether oxygens (including phenoxy) is 1. The van der Waals surface area contributed by atoms with Crippen molar-refractivity contribution in [3.8, 4) is 11.5 Å². The number of halogens is 1. The van der Waals surface area contributed by atoms with Gasteiger partial charge >= 0.3 is 0 Å².